The smallest absolute Gasteiger partial charge is 0.117 e. The van der Waals surface area contributed by atoms with Crippen LogP contribution in [0.5, 0.6) is 0 Å². The average molecular weight is 370 g/mol. The first kappa shape index (κ1) is 18.0. The molecule has 5 heteroatoms. The van der Waals surface area contributed by atoms with Crippen molar-refractivity contribution in [2.45, 2.75) is 26.7 Å². The van der Waals surface area contributed by atoms with Crippen molar-refractivity contribution in [3.63, 3.8) is 0 Å². The first-order chi connectivity index (χ1) is 13.7. The molecule has 0 saturated carbocycles. The molecule has 0 N–H and O–H groups in total. The van der Waals surface area contributed by atoms with E-state index in [9.17, 15) is 0 Å². The predicted octanol–water partition coefficient (Wildman–Crippen LogP) is 4.86. The van der Waals surface area contributed by atoms with E-state index in [-0.39, 0.29) is 0 Å². The second kappa shape index (κ2) is 8.13. The third-order valence-electron chi connectivity index (χ3n) is 4.62. The van der Waals surface area contributed by atoms with Crippen LogP contribution in [-0.4, -0.2) is 27.3 Å². The molecule has 0 aliphatic carbocycles. The van der Waals surface area contributed by atoms with Crippen LogP contribution in [0.1, 0.15) is 30.4 Å². The molecule has 1 aromatic carbocycles. The fraction of sp³-hybridized carbons (Fsp3) is 0.217. The van der Waals surface area contributed by atoms with Crippen molar-refractivity contribution < 1.29 is 4.84 Å². The van der Waals surface area contributed by atoms with Crippen LogP contribution in [0.4, 0.5) is 0 Å². The fourth-order valence-electron chi connectivity index (χ4n) is 3.15. The van der Waals surface area contributed by atoms with Crippen molar-refractivity contribution in [2.75, 3.05) is 6.61 Å². The molecular weight excluding hydrogens is 348 g/mol. The number of hydrogen-bond donors (Lipinski definition) is 0. The Morgan fingerprint density at radius 2 is 1.75 bits per heavy atom. The Labute approximate surface area is 164 Å². The lowest BCUT2D eigenvalue weighted by molar-refractivity contribution is 0.141. The van der Waals surface area contributed by atoms with E-state index in [2.05, 4.69) is 45.5 Å². The summed E-state index contributed by atoms with van der Waals surface area (Å²) >= 11 is 0. The van der Waals surface area contributed by atoms with Crippen LogP contribution in [0.2, 0.25) is 0 Å². The van der Waals surface area contributed by atoms with Crippen LogP contribution in [0.3, 0.4) is 0 Å². The van der Waals surface area contributed by atoms with E-state index in [1.807, 2.05) is 44.3 Å². The summed E-state index contributed by atoms with van der Waals surface area (Å²) in [5, 5.41) is 6.40. The number of pyridine rings is 3. The number of oxime groups is 1. The average Bonchev–Trinajstić information content (AvgIpc) is 2.73. The van der Waals surface area contributed by atoms with E-state index in [0.29, 0.717) is 6.61 Å². The third-order valence-corrected chi connectivity index (χ3v) is 4.62. The first-order valence-corrected chi connectivity index (χ1v) is 9.45. The molecule has 0 bridgehead atoms. The highest BCUT2D eigenvalue weighted by Crippen LogP contribution is 2.22. The molecule has 0 unspecified atom stereocenters. The van der Waals surface area contributed by atoms with Gasteiger partial charge in [-0.05, 0) is 51.0 Å². The van der Waals surface area contributed by atoms with Crippen molar-refractivity contribution in [2.24, 2.45) is 5.16 Å². The van der Waals surface area contributed by atoms with Gasteiger partial charge in [0.15, 0.2) is 0 Å². The molecular formula is C23H22N4O. The van der Waals surface area contributed by atoms with Gasteiger partial charge in [0.2, 0.25) is 0 Å². The minimum absolute atomic E-state index is 0.538. The number of fused-ring (bicyclic) bond motifs is 3. The second-order valence-corrected chi connectivity index (χ2v) is 6.79. The minimum Gasteiger partial charge on any atom is -0.396 e. The zero-order chi connectivity index (χ0) is 19.3. The normalized spacial score (nSPS) is 11.9. The van der Waals surface area contributed by atoms with Gasteiger partial charge in [-0.3, -0.25) is 15.0 Å². The molecule has 0 aliphatic rings. The van der Waals surface area contributed by atoms with Crippen LogP contribution in [0.15, 0.2) is 65.9 Å². The highest BCUT2D eigenvalue weighted by atomic mass is 16.6. The number of benzene rings is 1. The fourth-order valence-corrected chi connectivity index (χ4v) is 3.15. The van der Waals surface area contributed by atoms with Gasteiger partial charge in [-0.1, -0.05) is 35.5 Å². The Hall–Kier alpha value is -3.34. The summed E-state index contributed by atoms with van der Waals surface area (Å²) in [6, 6.07) is 18.2. The van der Waals surface area contributed by atoms with E-state index >= 15 is 0 Å². The van der Waals surface area contributed by atoms with Crippen molar-refractivity contribution in [1.29, 1.82) is 0 Å². The Balaban J connectivity index is 1.39. The summed E-state index contributed by atoms with van der Waals surface area (Å²) < 4.78 is 0. The molecule has 3 heterocycles. The molecule has 3 aromatic heterocycles. The van der Waals surface area contributed by atoms with Gasteiger partial charge in [-0.15, -0.1) is 0 Å². The molecule has 140 valence electrons. The maximum atomic E-state index is 5.48. The highest BCUT2D eigenvalue weighted by molar-refractivity contribution is 6.02. The van der Waals surface area contributed by atoms with E-state index in [1.165, 1.54) is 0 Å². The monoisotopic (exact) mass is 370 g/mol. The molecule has 0 fully saturated rings. The van der Waals surface area contributed by atoms with Crippen molar-refractivity contribution in [3.05, 3.63) is 77.9 Å². The lowest BCUT2D eigenvalue weighted by Gasteiger charge is -2.06. The Morgan fingerprint density at radius 1 is 0.929 bits per heavy atom. The topological polar surface area (TPSA) is 60.3 Å². The van der Waals surface area contributed by atoms with E-state index in [4.69, 9.17) is 9.82 Å². The molecule has 5 nitrogen and oxygen atoms in total. The summed E-state index contributed by atoms with van der Waals surface area (Å²) in [5.74, 6) is 0. The van der Waals surface area contributed by atoms with Gasteiger partial charge in [0, 0.05) is 28.4 Å². The van der Waals surface area contributed by atoms with Gasteiger partial charge >= 0.3 is 0 Å². The van der Waals surface area contributed by atoms with Crippen molar-refractivity contribution in [3.8, 4) is 0 Å². The van der Waals surface area contributed by atoms with Crippen molar-refractivity contribution in [1.82, 2.24) is 15.0 Å². The van der Waals surface area contributed by atoms with Gasteiger partial charge in [-0.25, -0.2) is 0 Å². The largest absolute Gasteiger partial charge is 0.396 e. The first-order valence-electron chi connectivity index (χ1n) is 9.45. The molecule has 0 radical (unpaired) electrons. The molecule has 4 rings (SSSR count). The lowest BCUT2D eigenvalue weighted by atomic mass is 10.1. The van der Waals surface area contributed by atoms with Crippen LogP contribution < -0.4 is 0 Å². The predicted molar refractivity (Wildman–Crippen MR) is 113 cm³/mol. The van der Waals surface area contributed by atoms with E-state index < -0.39 is 0 Å². The summed E-state index contributed by atoms with van der Waals surface area (Å²) in [6.45, 7) is 4.41. The van der Waals surface area contributed by atoms with E-state index in [0.717, 1.165) is 57.4 Å². The molecule has 0 atom stereocenters. The van der Waals surface area contributed by atoms with Gasteiger partial charge < -0.3 is 4.84 Å². The van der Waals surface area contributed by atoms with Crippen LogP contribution in [0, 0.1) is 6.92 Å². The number of aryl methyl sites for hydroxylation is 2. The summed E-state index contributed by atoms with van der Waals surface area (Å²) in [6.07, 6.45) is 3.48. The summed E-state index contributed by atoms with van der Waals surface area (Å²) in [7, 11) is 0. The number of aromatic nitrogens is 3. The Morgan fingerprint density at radius 3 is 2.61 bits per heavy atom. The molecule has 0 spiro atoms. The van der Waals surface area contributed by atoms with Gasteiger partial charge in [0.25, 0.3) is 0 Å². The molecule has 0 aliphatic heterocycles. The zero-order valence-electron chi connectivity index (χ0n) is 16.1. The molecule has 0 amide bonds. The van der Waals surface area contributed by atoms with E-state index in [1.54, 1.807) is 0 Å². The summed E-state index contributed by atoms with van der Waals surface area (Å²) in [4.78, 5) is 19.3. The SMILES string of the molecule is C/C(=N\OCCCc1ccc2ccc3cccnc3c2n1)c1cccc(C)n1. The second-order valence-electron chi connectivity index (χ2n) is 6.79. The maximum Gasteiger partial charge on any atom is 0.117 e. The quantitative estimate of drug-likeness (QED) is 0.210. The zero-order valence-corrected chi connectivity index (χ0v) is 16.1. The molecule has 4 aromatic rings. The molecule has 28 heavy (non-hydrogen) atoms. The van der Waals surface area contributed by atoms with Crippen LogP contribution in [-0.2, 0) is 11.3 Å². The van der Waals surface area contributed by atoms with Gasteiger partial charge in [-0.2, -0.15) is 0 Å². The van der Waals surface area contributed by atoms with Gasteiger partial charge in [0.05, 0.1) is 16.7 Å². The third kappa shape index (κ3) is 3.98. The highest BCUT2D eigenvalue weighted by Gasteiger charge is 2.05. The maximum absolute atomic E-state index is 5.48. The number of hydrogen-bond acceptors (Lipinski definition) is 5. The molecule has 0 saturated heterocycles. The summed E-state index contributed by atoms with van der Waals surface area (Å²) in [5.41, 5.74) is 5.53. The van der Waals surface area contributed by atoms with Gasteiger partial charge in [0.1, 0.15) is 12.3 Å². The van der Waals surface area contributed by atoms with Crippen LogP contribution >= 0.6 is 0 Å². The lowest BCUT2D eigenvalue weighted by Crippen LogP contribution is -2.02. The van der Waals surface area contributed by atoms with Crippen LogP contribution in [0.25, 0.3) is 21.8 Å². The Bertz CT molecular complexity index is 1150. The van der Waals surface area contributed by atoms with Crippen molar-refractivity contribution >= 4 is 27.5 Å². The Kier molecular flexibility index (Phi) is 5.24. The minimum atomic E-state index is 0.538. The number of rotatable bonds is 6. The number of nitrogens with zero attached hydrogens (tertiary/aromatic N) is 4. The standard InChI is InChI=1S/C23H22N4O/c1-16-6-3-9-21(25-16)17(2)27-28-15-5-8-20-13-12-19-11-10-18-7-4-14-24-22(18)23(19)26-20/h3-4,6-7,9-14H,5,8,15H2,1-2H3/b27-17+.